The molecule has 0 aromatic carbocycles. The molecule has 0 heterocycles. The minimum Gasteiger partial charge on any atom is -0.298 e. The molecule has 0 radical (unpaired) electrons. The Hall–Kier alpha value is -0.680. The van der Waals surface area contributed by atoms with Crippen LogP contribution in [0.4, 0.5) is 0 Å². The molecule has 5 heteroatoms. The van der Waals surface area contributed by atoms with Crippen LogP contribution in [-0.4, -0.2) is 24.5 Å². The zero-order valence-corrected chi connectivity index (χ0v) is 16.2. The van der Waals surface area contributed by atoms with E-state index in [0.29, 0.717) is 6.42 Å². The van der Waals surface area contributed by atoms with E-state index in [1.165, 1.54) is 51.4 Å². The molecule has 24 heavy (non-hydrogen) atoms. The Morgan fingerprint density at radius 2 is 1.25 bits per heavy atom. The third kappa shape index (κ3) is 19.4. The van der Waals surface area contributed by atoms with Gasteiger partial charge in [0.1, 0.15) is 11.5 Å². The van der Waals surface area contributed by atoms with E-state index >= 15 is 0 Å². The van der Waals surface area contributed by atoms with Crippen LogP contribution in [0, 0.1) is 0 Å². The van der Waals surface area contributed by atoms with E-state index < -0.39 is 21.7 Å². The summed E-state index contributed by atoms with van der Waals surface area (Å²) in [6.45, 7) is 2.24. The lowest BCUT2D eigenvalue weighted by atomic mass is 10.1. The van der Waals surface area contributed by atoms with Crippen molar-refractivity contribution in [3.05, 3.63) is 12.2 Å². The van der Waals surface area contributed by atoms with Crippen LogP contribution in [0.1, 0.15) is 96.8 Å². The van der Waals surface area contributed by atoms with Gasteiger partial charge in [0.25, 0.3) is 10.1 Å². The highest BCUT2D eigenvalue weighted by Crippen LogP contribution is 2.10. The van der Waals surface area contributed by atoms with Crippen molar-refractivity contribution in [3.63, 3.8) is 0 Å². The SMILES string of the molecule is CCCCCCCCC=CCCCCCCCC(=O)CS(=O)(=O)O. The van der Waals surface area contributed by atoms with Crippen LogP contribution in [0.25, 0.3) is 0 Å². The number of ketones is 1. The molecular formula is C19H36O4S. The molecule has 0 aliphatic carbocycles. The lowest BCUT2D eigenvalue weighted by molar-refractivity contribution is -0.116. The molecule has 0 bridgehead atoms. The molecule has 0 aromatic heterocycles. The molecule has 0 saturated carbocycles. The summed E-state index contributed by atoms with van der Waals surface area (Å²) < 4.78 is 29.6. The monoisotopic (exact) mass is 360 g/mol. The molecule has 0 rings (SSSR count). The van der Waals surface area contributed by atoms with Crippen molar-refractivity contribution in [3.8, 4) is 0 Å². The Kier molecular flexibility index (Phi) is 15.4. The van der Waals surface area contributed by atoms with Gasteiger partial charge in [-0.05, 0) is 32.1 Å². The number of carbonyl (C=O) groups is 1. The van der Waals surface area contributed by atoms with E-state index in [-0.39, 0.29) is 6.42 Å². The summed E-state index contributed by atoms with van der Waals surface area (Å²) >= 11 is 0. The molecule has 1 N–H and O–H groups in total. The lowest BCUT2D eigenvalue weighted by Crippen LogP contribution is -2.14. The van der Waals surface area contributed by atoms with Gasteiger partial charge in [-0.3, -0.25) is 9.35 Å². The third-order valence-corrected chi connectivity index (χ3v) is 4.75. The maximum absolute atomic E-state index is 11.2. The predicted octanol–water partition coefficient (Wildman–Crippen LogP) is 5.48. The molecule has 0 aliphatic rings. The van der Waals surface area contributed by atoms with Crippen LogP contribution in [0.3, 0.4) is 0 Å². The quantitative estimate of drug-likeness (QED) is 0.212. The minimum atomic E-state index is -4.15. The number of hydrogen-bond donors (Lipinski definition) is 1. The number of carbonyl (C=O) groups excluding carboxylic acids is 1. The van der Waals surface area contributed by atoms with Crippen molar-refractivity contribution in [2.45, 2.75) is 96.8 Å². The van der Waals surface area contributed by atoms with Gasteiger partial charge in [0.05, 0.1) is 0 Å². The number of rotatable bonds is 17. The molecule has 0 fully saturated rings. The molecule has 0 amide bonds. The van der Waals surface area contributed by atoms with E-state index in [0.717, 1.165) is 25.7 Å². The molecule has 0 aliphatic heterocycles. The second-order valence-electron chi connectivity index (χ2n) is 6.60. The molecule has 142 valence electrons. The zero-order chi connectivity index (χ0) is 18.1. The van der Waals surface area contributed by atoms with Gasteiger partial charge in [0.15, 0.2) is 0 Å². The fraction of sp³-hybridized carbons (Fsp3) is 0.842. The van der Waals surface area contributed by atoms with Gasteiger partial charge in [0, 0.05) is 6.42 Å². The predicted molar refractivity (Wildman–Crippen MR) is 101 cm³/mol. The van der Waals surface area contributed by atoms with Crippen LogP contribution in [0.15, 0.2) is 12.2 Å². The minimum absolute atomic E-state index is 0.248. The summed E-state index contributed by atoms with van der Waals surface area (Å²) in [5, 5.41) is 0. The Bertz CT molecular complexity index is 427. The maximum atomic E-state index is 11.2. The van der Waals surface area contributed by atoms with Crippen molar-refractivity contribution in [2.75, 3.05) is 5.75 Å². The van der Waals surface area contributed by atoms with Crippen molar-refractivity contribution < 1.29 is 17.8 Å². The first kappa shape index (κ1) is 23.3. The highest BCUT2D eigenvalue weighted by molar-refractivity contribution is 7.86. The molecule has 0 saturated heterocycles. The van der Waals surface area contributed by atoms with Gasteiger partial charge in [-0.1, -0.05) is 70.4 Å². The number of Topliss-reactive ketones (excluding diaryl/α,β-unsaturated/α-hetero) is 1. The van der Waals surface area contributed by atoms with Crippen LogP contribution >= 0.6 is 0 Å². The van der Waals surface area contributed by atoms with E-state index in [9.17, 15) is 13.2 Å². The van der Waals surface area contributed by atoms with E-state index in [2.05, 4.69) is 19.1 Å². The summed E-state index contributed by atoms with van der Waals surface area (Å²) in [5.74, 6) is -1.13. The Morgan fingerprint density at radius 3 is 1.75 bits per heavy atom. The lowest BCUT2D eigenvalue weighted by Gasteiger charge is -2.00. The van der Waals surface area contributed by atoms with Crippen molar-refractivity contribution in [1.82, 2.24) is 0 Å². The summed E-state index contributed by atoms with van der Waals surface area (Å²) in [6.07, 6.45) is 20.3. The second-order valence-corrected chi connectivity index (χ2v) is 8.05. The topological polar surface area (TPSA) is 71.4 Å². The van der Waals surface area contributed by atoms with E-state index in [1.807, 2.05) is 0 Å². The van der Waals surface area contributed by atoms with Gasteiger partial charge >= 0.3 is 0 Å². The van der Waals surface area contributed by atoms with Crippen LogP contribution in [0.2, 0.25) is 0 Å². The normalized spacial score (nSPS) is 12.1. The Morgan fingerprint density at radius 1 is 0.792 bits per heavy atom. The molecule has 0 atom stereocenters. The first-order chi connectivity index (χ1) is 11.5. The summed E-state index contributed by atoms with van der Waals surface area (Å²) in [4.78, 5) is 11.2. The number of unbranched alkanes of at least 4 members (excludes halogenated alkanes) is 11. The molecular weight excluding hydrogens is 324 g/mol. The first-order valence-electron chi connectivity index (χ1n) is 9.57. The van der Waals surface area contributed by atoms with Crippen LogP contribution in [-0.2, 0) is 14.9 Å². The molecule has 0 aromatic rings. The van der Waals surface area contributed by atoms with E-state index in [4.69, 9.17) is 4.55 Å². The zero-order valence-electron chi connectivity index (χ0n) is 15.3. The summed E-state index contributed by atoms with van der Waals surface area (Å²) in [6, 6.07) is 0. The average Bonchev–Trinajstić information content (AvgIpc) is 2.49. The molecule has 4 nitrogen and oxygen atoms in total. The highest BCUT2D eigenvalue weighted by atomic mass is 32.2. The van der Waals surface area contributed by atoms with Crippen molar-refractivity contribution in [1.29, 1.82) is 0 Å². The highest BCUT2D eigenvalue weighted by Gasteiger charge is 2.11. The van der Waals surface area contributed by atoms with Gasteiger partial charge in [0.2, 0.25) is 0 Å². The fourth-order valence-electron chi connectivity index (χ4n) is 2.67. The average molecular weight is 361 g/mol. The molecule has 0 unspecified atom stereocenters. The Labute approximate surface area is 148 Å². The van der Waals surface area contributed by atoms with Gasteiger partial charge in [-0.25, -0.2) is 0 Å². The van der Waals surface area contributed by atoms with Crippen molar-refractivity contribution >= 4 is 15.9 Å². The summed E-state index contributed by atoms with van der Waals surface area (Å²) in [7, 11) is -4.15. The largest absolute Gasteiger partial charge is 0.298 e. The van der Waals surface area contributed by atoms with Crippen molar-refractivity contribution in [2.24, 2.45) is 0 Å². The van der Waals surface area contributed by atoms with Crippen LogP contribution in [0.5, 0.6) is 0 Å². The number of allylic oxidation sites excluding steroid dienone is 2. The molecule has 0 spiro atoms. The standard InChI is InChI=1S/C19H36O4S/c1-2-3-4-5-6-7-8-9-10-11-12-13-14-15-16-17-19(20)18-24(21,22)23/h9-10H,2-8,11-18H2,1H3,(H,21,22,23). The smallest absolute Gasteiger partial charge is 0.272 e. The van der Waals surface area contributed by atoms with E-state index in [1.54, 1.807) is 0 Å². The van der Waals surface area contributed by atoms with Gasteiger partial charge in [-0.2, -0.15) is 8.42 Å². The Balaban J connectivity index is 3.27. The van der Waals surface area contributed by atoms with Crippen LogP contribution < -0.4 is 0 Å². The summed E-state index contributed by atoms with van der Waals surface area (Å²) in [5.41, 5.74) is 0. The first-order valence-corrected chi connectivity index (χ1v) is 11.2. The number of hydrogen-bond acceptors (Lipinski definition) is 3. The fourth-order valence-corrected chi connectivity index (χ4v) is 3.22. The third-order valence-electron chi connectivity index (χ3n) is 4.06. The second kappa shape index (κ2) is 15.8. The maximum Gasteiger partial charge on any atom is 0.272 e. The van der Waals surface area contributed by atoms with Gasteiger partial charge < -0.3 is 0 Å². The van der Waals surface area contributed by atoms with Gasteiger partial charge in [-0.15, -0.1) is 0 Å².